The highest BCUT2D eigenvalue weighted by molar-refractivity contribution is 8.26. The van der Waals surface area contributed by atoms with Gasteiger partial charge in [-0.05, 0) is 29.8 Å². The molecule has 0 aromatic heterocycles. The second-order valence-electron chi connectivity index (χ2n) is 4.80. The number of hydrogen-bond acceptors (Lipinski definition) is 4. The Morgan fingerprint density at radius 1 is 1.22 bits per heavy atom. The molecule has 0 atom stereocenters. The van der Waals surface area contributed by atoms with E-state index in [-0.39, 0.29) is 5.91 Å². The van der Waals surface area contributed by atoms with E-state index >= 15 is 0 Å². The molecule has 0 saturated carbocycles. The van der Waals surface area contributed by atoms with E-state index < -0.39 is 0 Å². The number of hydrogen-bond donors (Lipinski definition) is 1. The Morgan fingerprint density at radius 2 is 2.04 bits per heavy atom. The Bertz CT molecular complexity index is 805. The maximum atomic E-state index is 11.7. The molecule has 23 heavy (non-hydrogen) atoms. The van der Waals surface area contributed by atoms with Crippen LogP contribution in [0.4, 0.5) is 0 Å². The molecule has 2 aromatic rings. The molecule has 1 aliphatic rings. The highest BCUT2D eigenvalue weighted by Crippen LogP contribution is 2.27. The van der Waals surface area contributed by atoms with E-state index in [0.29, 0.717) is 26.6 Å². The number of carbonyl (C=O) groups is 1. The van der Waals surface area contributed by atoms with E-state index in [1.54, 1.807) is 6.08 Å². The van der Waals surface area contributed by atoms with Gasteiger partial charge >= 0.3 is 0 Å². The van der Waals surface area contributed by atoms with Crippen molar-refractivity contribution in [3.8, 4) is 5.75 Å². The van der Waals surface area contributed by atoms with Gasteiger partial charge in [-0.15, -0.1) is 0 Å². The van der Waals surface area contributed by atoms with Crippen LogP contribution in [0.2, 0.25) is 5.02 Å². The van der Waals surface area contributed by atoms with Crippen molar-refractivity contribution in [3.63, 3.8) is 0 Å². The van der Waals surface area contributed by atoms with Crippen molar-refractivity contribution in [2.45, 2.75) is 6.61 Å². The van der Waals surface area contributed by atoms with Crippen LogP contribution < -0.4 is 10.1 Å². The maximum absolute atomic E-state index is 11.7. The molecule has 1 fully saturated rings. The van der Waals surface area contributed by atoms with Crippen molar-refractivity contribution in [2.75, 3.05) is 0 Å². The number of thiocarbonyl (C=S) groups is 1. The summed E-state index contributed by atoms with van der Waals surface area (Å²) in [7, 11) is 0. The summed E-state index contributed by atoms with van der Waals surface area (Å²) in [5, 5.41) is 3.27. The first-order chi connectivity index (χ1) is 11.1. The van der Waals surface area contributed by atoms with Crippen LogP contribution >= 0.6 is 35.6 Å². The van der Waals surface area contributed by atoms with Gasteiger partial charge in [0.2, 0.25) is 0 Å². The number of nitrogens with one attached hydrogen (secondary N) is 1. The monoisotopic (exact) mass is 361 g/mol. The first-order valence-corrected chi connectivity index (χ1v) is 8.43. The lowest BCUT2D eigenvalue weighted by Crippen LogP contribution is -2.17. The van der Waals surface area contributed by atoms with Gasteiger partial charge in [-0.3, -0.25) is 4.79 Å². The van der Waals surface area contributed by atoms with Gasteiger partial charge in [0.05, 0.1) is 4.91 Å². The summed E-state index contributed by atoms with van der Waals surface area (Å²) in [4.78, 5) is 12.3. The van der Waals surface area contributed by atoms with Crippen LogP contribution in [0.15, 0.2) is 53.4 Å². The summed E-state index contributed by atoms with van der Waals surface area (Å²) >= 11 is 12.4. The Balaban J connectivity index is 1.73. The molecule has 2 aromatic carbocycles. The first kappa shape index (κ1) is 16.1. The molecule has 0 unspecified atom stereocenters. The lowest BCUT2D eigenvalue weighted by Gasteiger charge is -2.08. The number of carbonyl (C=O) groups excluding carboxylic acids is 1. The van der Waals surface area contributed by atoms with Crippen LogP contribution in [0, 0.1) is 0 Å². The summed E-state index contributed by atoms with van der Waals surface area (Å²) in [6, 6.07) is 15.1. The molecule has 1 N–H and O–H groups in total. The van der Waals surface area contributed by atoms with E-state index in [1.807, 2.05) is 48.5 Å². The van der Waals surface area contributed by atoms with Crippen molar-refractivity contribution < 1.29 is 9.53 Å². The van der Waals surface area contributed by atoms with Gasteiger partial charge in [0.15, 0.2) is 0 Å². The van der Waals surface area contributed by atoms with Crippen LogP contribution in [0.25, 0.3) is 6.08 Å². The van der Waals surface area contributed by atoms with E-state index in [2.05, 4.69) is 5.32 Å². The van der Waals surface area contributed by atoms with E-state index in [0.717, 1.165) is 11.1 Å². The van der Waals surface area contributed by atoms with Gasteiger partial charge in [-0.25, -0.2) is 0 Å². The molecule has 1 aliphatic heterocycles. The normalized spacial score (nSPS) is 15.8. The zero-order chi connectivity index (χ0) is 16.2. The summed E-state index contributed by atoms with van der Waals surface area (Å²) in [5.41, 5.74) is 1.80. The SMILES string of the molecule is O=C1NC(=S)SC1=Cc1cccc(OCc2ccccc2Cl)c1. The van der Waals surface area contributed by atoms with E-state index in [1.165, 1.54) is 11.8 Å². The number of benzene rings is 2. The maximum Gasteiger partial charge on any atom is 0.263 e. The zero-order valence-electron chi connectivity index (χ0n) is 11.9. The predicted octanol–water partition coefficient (Wildman–Crippen LogP) is 4.41. The Kier molecular flexibility index (Phi) is 5.00. The van der Waals surface area contributed by atoms with Crippen LogP contribution in [-0.4, -0.2) is 10.2 Å². The van der Waals surface area contributed by atoms with E-state index in [9.17, 15) is 4.79 Å². The zero-order valence-corrected chi connectivity index (χ0v) is 14.3. The topological polar surface area (TPSA) is 38.3 Å². The van der Waals surface area contributed by atoms with Crippen LogP contribution in [0.5, 0.6) is 5.75 Å². The molecular formula is C17H12ClNO2S2. The van der Waals surface area contributed by atoms with Gasteiger partial charge in [0.1, 0.15) is 16.7 Å². The third-order valence-electron chi connectivity index (χ3n) is 3.15. The summed E-state index contributed by atoms with van der Waals surface area (Å²) in [6.07, 6.45) is 1.79. The highest BCUT2D eigenvalue weighted by Gasteiger charge is 2.21. The van der Waals surface area contributed by atoms with Crippen molar-refractivity contribution in [3.05, 3.63) is 69.6 Å². The van der Waals surface area contributed by atoms with Crippen LogP contribution in [-0.2, 0) is 11.4 Å². The molecule has 1 amide bonds. The Labute approximate surface area is 148 Å². The molecule has 0 spiro atoms. The van der Waals surface area contributed by atoms with Gasteiger partial charge in [0.25, 0.3) is 5.91 Å². The number of ether oxygens (including phenoxy) is 1. The lowest BCUT2D eigenvalue weighted by atomic mass is 10.2. The smallest absolute Gasteiger partial charge is 0.263 e. The van der Waals surface area contributed by atoms with Gasteiger partial charge < -0.3 is 10.1 Å². The minimum Gasteiger partial charge on any atom is -0.489 e. The Hall–Kier alpha value is -1.82. The number of amides is 1. The highest BCUT2D eigenvalue weighted by atomic mass is 35.5. The van der Waals surface area contributed by atoms with Crippen molar-refractivity contribution in [1.29, 1.82) is 0 Å². The van der Waals surface area contributed by atoms with Crippen LogP contribution in [0.3, 0.4) is 0 Å². The average Bonchev–Trinajstić information content (AvgIpc) is 2.84. The standard InChI is InChI=1S/C17H12ClNO2S2/c18-14-7-2-1-5-12(14)10-21-13-6-3-4-11(8-13)9-15-16(20)19-17(22)23-15/h1-9H,10H2,(H,19,20,22). The van der Waals surface area contributed by atoms with Crippen molar-refractivity contribution in [2.24, 2.45) is 0 Å². The molecule has 1 heterocycles. The van der Waals surface area contributed by atoms with E-state index in [4.69, 9.17) is 28.6 Å². The fraction of sp³-hybridized carbons (Fsp3) is 0.0588. The van der Waals surface area contributed by atoms with Gasteiger partial charge in [-0.2, -0.15) is 0 Å². The number of halogens is 1. The lowest BCUT2D eigenvalue weighted by molar-refractivity contribution is -0.115. The molecule has 3 nitrogen and oxygen atoms in total. The molecule has 0 bridgehead atoms. The molecule has 116 valence electrons. The molecule has 0 radical (unpaired) electrons. The fourth-order valence-electron chi connectivity index (χ4n) is 2.04. The minimum absolute atomic E-state index is 0.164. The summed E-state index contributed by atoms with van der Waals surface area (Å²) in [6.45, 7) is 0.388. The second kappa shape index (κ2) is 7.17. The van der Waals surface area contributed by atoms with Gasteiger partial charge in [-0.1, -0.05) is 65.9 Å². The predicted molar refractivity (Wildman–Crippen MR) is 98.5 cm³/mol. The third kappa shape index (κ3) is 4.13. The molecule has 0 aliphatic carbocycles. The number of rotatable bonds is 4. The summed E-state index contributed by atoms with van der Waals surface area (Å²) in [5.74, 6) is 0.549. The fourth-order valence-corrected chi connectivity index (χ4v) is 3.28. The van der Waals surface area contributed by atoms with Crippen molar-refractivity contribution in [1.82, 2.24) is 5.32 Å². The number of thioether (sulfide) groups is 1. The Morgan fingerprint density at radius 3 is 2.78 bits per heavy atom. The van der Waals surface area contributed by atoms with Gasteiger partial charge in [0, 0.05) is 10.6 Å². The second-order valence-corrected chi connectivity index (χ2v) is 6.93. The third-order valence-corrected chi connectivity index (χ3v) is 4.68. The van der Waals surface area contributed by atoms with Crippen molar-refractivity contribution >= 4 is 51.9 Å². The van der Waals surface area contributed by atoms with Crippen LogP contribution in [0.1, 0.15) is 11.1 Å². The molecular weight excluding hydrogens is 350 g/mol. The molecule has 1 saturated heterocycles. The average molecular weight is 362 g/mol. The first-order valence-electron chi connectivity index (χ1n) is 6.83. The quantitative estimate of drug-likeness (QED) is 0.646. The minimum atomic E-state index is -0.164. The molecule has 6 heteroatoms. The summed E-state index contributed by atoms with van der Waals surface area (Å²) < 4.78 is 6.26. The largest absolute Gasteiger partial charge is 0.489 e. The molecule has 3 rings (SSSR count).